The molecule has 24 rings (SSSR count). The molecule has 120 heavy (non-hydrogen) atoms. The second-order valence-electron chi connectivity index (χ2n) is 36.3. The van der Waals surface area contributed by atoms with Crippen LogP contribution in [0.3, 0.4) is 0 Å². The van der Waals surface area contributed by atoms with Gasteiger partial charge < -0.3 is 23.2 Å². The van der Waals surface area contributed by atoms with Crippen LogP contribution in [-0.2, 0) is 16.2 Å². The Kier molecular flexibility index (Phi) is 13.5. The van der Waals surface area contributed by atoms with Crippen LogP contribution < -0.4 is 26.2 Å². The van der Waals surface area contributed by atoms with E-state index < -0.39 is 24.2 Å². The van der Waals surface area contributed by atoms with Crippen molar-refractivity contribution in [3.8, 4) is 72.4 Å². The maximum absolute atomic E-state index is 10.4. The van der Waals surface area contributed by atoms with Gasteiger partial charge in [-0.25, -0.2) is 0 Å². The minimum Gasteiger partial charge on any atom is -0.311 e. The van der Waals surface area contributed by atoms with Crippen LogP contribution in [0.4, 0.5) is 34.1 Å². The standard InChI is InChI=1S/C114H86BN5/c1-112(2,3)79-55-76(56-80(65-79)113(4,5)6)75-45-50-95-105(64-75)117(102-52-46-72(69-29-13-10-14-30-69)57-88(102)77-60-91-84-36-20-25-41-98(84)119-99-42-26-21-37-85(99)92(61-77)110(91)119)107-66-81(114(7,8)9)67-108-109(107)115(95)96-51-49-82(116-97-40-24-19-35-83(97)90-59-74(48-54-104(90)116)71-33-17-12-18-34-71)68-106(96)118(108)103-53-47-73(70-31-15-11-16-32-70)58-89(103)78-62-93-86-38-22-27-43-100(86)120-101-44-28-23-39-87(101)94(63-78)111(93)120/h10-68H,1-9H3/i19D,24D,35D,40D,48D,54D,59D. The number of fused-ring (bicyclic) bond motifs is 19. The Balaban J connectivity index is 0.857. The van der Waals surface area contributed by atoms with Gasteiger partial charge in [0, 0.05) is 93.4 Å². The Morgan fingerprint density at radius 3 is 1.11 bits per heavy atom. The Morgan fingerprint density at radius 2 is 0.642 bits per heavy atom. The van der Waals surface area contributed by atoms with E-state index in [9.17, 15) is 9.60 Å². The lowest BCUT2D eigenvalue weighted by atomic mass is 9.33. The number of rotatable bonds is 9. The van der Waals surface area contributed by atoms with Crippen LogP contribution >= 0.6 is 0 Å². The lowest BCUT2D eigenvalue weighted by molar-refractivity contribution is 0.569. The number of nitrogens with zero attached hydrogens (tertiary/aromatic N) is 5. The molecular weight excluding hydrogens is 1450 g/mol. The number of para-hydroxylation sites is 5. The van der Waals surface area contributed by atoms with Crippen LogP contribution in [0.1, 0.15) is 88.6 Å². The fourth-order valence-electron chi connectivity index (χ4n) is 20.2. The summed E-state index contributed by atoms with van der Waals surface area (Å²) in [4.78, 5) is 5.11. The van der Waals surface area contributed by atoms with Crippen molar-refractivity contribution < 1.29 is 9.60 Å². The first-order chi connectivity index (χ1) is 61.3. The van der Waals surface area contributed by atoms with E-state index in [2.05, 4.69) is 360 Å². The van der Waals surface area contributed by atoms with Crippen LogP contribution in [0.2, 0.25) is 0 Å². The molecule has 0 radical (unpaired) electrons. The predicted molar refractivity (Wildman–Crippen MR) is 513 cm³/mol. The fraction of sp³-hybridized carbons (Fsp3) is 0.105. The largest absolute Gasteiger partial charge is 0.311 e. The van der Waals surface area contributed by atoms with Crippen molar-refractivity contribution in [1.82, 2.24) is 13.4 Å². The monoisotopic (exact) mass is 1540 g/mol. The molecular formula is C114H86BN5. The van der Waals surface area contributed by atoms with E-state index in [0.29, 0.717) is 11.3 Å². The summed E-state index contributed by atoms with van der Waals surface area (Å²) in [7, 11) is 0. The molecule has 5 aromatic heterocycles. The van der Waals surface area contributed by atoms with E-state index >= 15 is 0 Å². The fourth-order valence-corrected chi connectivity index (χ4v) is 20.2. The highest BCUT2D eigenvalue weighted by molar-refractivity contribution is 7.00. The number of benzene rings is 17. The van der Waals surface area contributed by atoms with Crippen molar-refractivity contribution in [2.75, 3.05) is 9.80 Å². The SMILES string of the molecule is [2H]c1c([2H])c([2H])c2c(c1[2H])c1c([2H])c(-c3ccccc3)c([2H])c([2H])c1n2-c1ccc2c(c1)N(c1ccc(-c3ccccc3)cc1-c1cc3c4ccccc4n4c5ccccc5c(c1)c34)c1cc(C(C)(C)C)cc3c1B2c1ccc(-c2cc(C(C)(C)C)cc(C(C)(C)C)c2)cc1N3c1ccc(-c2ccccc2)cc1-c1cc2c3ccccc3n3c4ccccc4c(c1)c23. The van der Waals surface area contributed by atoms with Gasteiger partial charge in [-0.3, -0.25) is 0 Å². The van der Waals surface area contributed by atoms with Crippen molar-refractivity contribution in [3.05, 3.63) is 374 Å². The van der Waals surface area contributed by atoms with Gasteiger partial charge in [-0.15, -0.1) is 0 Å². The topological polar surface area (TPSA) is 20.2 Å². The zero-order valence-electron chi connectivity index (χ0n) is 75.3. The minimum atomic E-state index is -0.496. The maximum atomic E-state index is 10.4. The van der Waals surface area contributed by atoms with Gasteiger partial charge in [0.05, 0.1) is 65.1 Å². The highest BCUT2D eigenvalue weighted by Gasteiger charge is 2.46. The van der Waals surface area contributed by atoms with Crippen LogP contribution in [0, 0.1) is 0 Å². The highest BCUT2D eigenvalue weighted by Crippen LogP contribution is 2.55. The maximum Gasteiger partial charge on any atom is 0.252 e. The Morgan fingerprint density at radius 1 is 0.250 bits per heavy atom. The van der Waals surface area contributed by atoms with Crippen molar-refractivity contribution in [1.29, 1.82) is 0 Å². The van der Waals surface area contributed by atoms with Crippen molar-refractivity contribution in [2.45, 2.75) is 78.6 Å². The first-order valence-corrected chi connectivity index (χ1v) is 41.9. The zero-order chi connectivity index (χ0) is 86.6. The summed E-state index contributed by atoms with van der Waals surface area (Å²) in [5, 5.41) is 9.57. The van der Waals surface area contributed by atoms with Gasteiger partial charge in [-0.05, 0) is 226 Å². The van der Waals surface area contributed by atoms with Crippen LogP contribution in [0.25, 0.3) is 170 Å². The second-order valence-corrected chi connectivity index (χ2v) is 36.3. The summed E-state index contributed by atoms with van der Waals surface area (Å²) >= 11 is 0. The summed E-state index contributed by atoms with van der Waals surface area (Å²) in [6.45, 7) is 20.3. The van der Waals surface area contributed by atoms with E-state index in [1.165, 1.54) is 38.2 Å². The number of hydrogen-bond acceptors (Lipinski definition) is 2. The Bertz CT molecular complexity index is 8300. The molecule has 570 valence electrons. The number of aromatic nitrogens is 3. The van der Waals surface area contributed by atoms with Gasteiger partial charge in [-0.2, -0.15) is 0 Å². The van der Waals surface area contributed by atoms with E-state index in [-0.39, 0.29) is 68.4 Å². The highest BCUT2D eigenvalue weighted by atomic mass is 15.2. The van der Waals surface area contributed by atoms with Gasteiger partial charge in [0.25, 0.3) is 6.71 Å². The third kappa shape index (κ3) is 10.5. The lowest BCUT2D eigenvalue weighted by Crippen LogP contribution is -2.61. The van der Waals surface area contributed by atoms with Crippen molar-refractivity contribution >= 4 is 155 Å². The molecule has 0 amide bonds. The van der Waals surface area contributed by atoms with Crippen molar-refractivity contribution in [2.24, 2.45) is 0 Å². The zero-order valence-corrected chi connectivity index (χ0v) is 68.3. The predicted octanol–water partition coefficient (Wildman–Crippen LogP) is 29.1. The van der Waals surface area contributed by atoms with E-state index in [1.54, 1.807) is 4.57 Å². The molecule has 0 unspecified atom stereocenters. The summed E-state index contributed by atoms with van der Waals surface area (Å²) in [6.07, 6.45) is 0. The van der Waals surface area contributed by atoms with E-state index in [4.69, 9.17) is 0 Å². The molecule has 0 aliphatic carbocycles. The average Bonchev–Trinajstić information content (AvgIpc) is 1.63. The first kappa shape index (κ1) is 63.0. The molecule has 0 spiro atoms. The van der Waals surface area contributed by atoms with Crippen LogP contribution in [-0.4, -0.2) is 20.1 Å². The molecule has 0 saturated heterocycles. The summed E-state index contributed by atoms with van der Waals surface area (Å²) in [5.74, 6) is 0. The molecule has 17 aromatic carbocycles. The third-order valence-electron chi connectivity index (χ3n) is 26.1. The van der Waals surface area contributed by atoms with Gasteiger partial charge in [0.15, 0.2) is 0 Å². The number of hydrogen-bond donors (Lipinski definition) is 0. The molecule has 22 aromatic rings. The lowest BCUT2D eigenvalue weighted by Gasteiger charge is -2.46. The first-order valence-electron chi connectivity index (χ1n) is 45.4. The normalized spacial score (nSPS) is 14.0. The molecule has 0 bridgehead atoms. The second kappa shape index (κ2) is 25.7. The van der Waals surface area contributed by atoms with Crippen molar-refractivity contribution in [3.63, 3.8) is 0 Å². The van der Waals surface area contributed by atoms with E-state index in [0.717, 1.165) is 161 Å². The summed E-state index contributed by atoms with van der Waals surface area (Å²) in [5.41, 5.74) is 30.5. The molecule has 6 heteroatoms. The molecule has 2 aliphatic heterocycles. The molecule has 7 heterocycles. The Hall–Kier alpha value is -14.2. The summed E-state index contributed by atoms with van der Waals surface area (Å²) < 4.78 is 76.5. The average molecular weight is 1540 g/mol. The quantitative estimate of drug-likeness (QED) is 0.134. The third-order valence-corrected chi connectivity index (χ3v) is 26.1. The number of anilines is 6. The van der Waals surface area contributed by atoms with Crippen LogP contribution in [0.5, 0.6) is 0 Å². The molecule has 0 atom stereocenters. The molecule has 5 nitrogen and oxygen atoms in total. The minimum absolute atomic E-state index is 0.0982. The van der Waals surface area contributed by atoms with Crippen LogP contribution in [0.15, 0.2) is 358 Å². The molecule has 2 aliphatic rings. The molecule has 0 N–H and O–H groups in total. The summed E-state index contributed by atoms with van der Waals surface area (Å²) in [6, 6.07) is 113. The van der Waals surface area contributed by atoms with E-state index in [1.807, 2.05) is 36.4 Å². The van der Waals surface area contributed by atoms with Gasteiger partial charge in [0.1, 0.15) is 0 Å². The molecule has 0 saturated carbocycles. The Labute approximate surface area is 709 Å². The smallest absolute Gasteiger partial charge is 0.252 e. The molecule has 0 fully saturated rings. The van der Waals surface area contributed by atoms with Gasteiger partial charge in [-0.1, -0.05) is 299 Å². The van der Waals surface area contributed by atoms with Gasteiger partial charge in [0.2, 0.25) is 0 Å². The van der Waals surface area contributed by atoms with Gasteiger partial charge >= 0.3 is 0 Å².